The second-order valence-electron chi connectivity index (χ2n) is 6.27. The van der Waals surface area contributed by atoms with Gasteiger partial charge in [-0.05, 0) is 43.2 Å². The predicted octanol–water partition coefficient (Wildman–Crippen LogP) is 2.01. The molecule has 0 aliphatic carbocycles. The summed E-state index contributed by atoms with van der Waals surface area (Å²) < 4.78 is 37.1. The number of nitrogens with one attached hydrogen (secondary N) is 1. The van der Waals surface area contributed by atoms with E-state index in [-0.39, 0.29) is 18.5 Å². The first-order chi connectivity index (χ1) is 12.5. The largest absolute Gasteiger partial charge is 0.315 e. The minimum absolute atomic E-state index is 0.103. The number of sulfone groups is 1. The lowest BCUT2D eigenvalue weighted by Crippen LogP contribution is -2.49. The summed E-state index contributed by atoms with van der Waals surface area (Å²) in [6.45, 7) is 1.06. The lowest BCUT2D eigenvalue weighted by molar-refractivity contribution is -0.131. The summed E-state index contributed by atoms with van der Waals surface area (Å²) in [7, 11) is -3.87. The quantitative estimate of drug-likeness (QED) is 0.553. The molecule has 2 aromatic rings. The number of hydrogen-bond donors (Lipinski definition) is 2. The van der Waals surface area contributed by atoms with Gasteiger partial charge in [-0.2, -0.15) is 0 Å². The molecule has 0 bridgehead atoms. The number of aromatic nitrogens is 1. The number of benzene rings is 1. The highest BCUT2D eigenvalue weighted by molar-refractivity contribution is 7.92. The second-order valence-corrected chi connectivity index (χ2v) is 9.15. The molecule has 0 radical (unpaired) electrons. The summed E-state index contributed by atoms with van der Waals surface area (Å²) in [6.07, 6.45) is 2.00. The van der Waals surface area contributed by atoms with E-state index in [1.165, 1.54) is 46.6 Å². The van der Waals surface area contributed by atoms with Gasteiger partial charge >= 0.3 is 0 Å². The Kier molecular flexibility index (Phi) is 6.08. The molecule has 0 aliphatic heterocycles. The number of hydrogen-bond acceptors (Lipinski definition) is 5. The molecule has 0 spiro atoms. The van der Waals surface area contributed by atoms with Gasteiger partial charge in [0.1, 0.15) is 5.82 Å². The van der Waals surface area contributed by atoms with Crippen LogP contribution in [0.1, 0.15) is 13.3 Å². The third-order valence-corrected chi connectivity index (χ3v) is 6.73. The fourth-order valence-corrected chi connectivity index (χ4v) is 3.51. The van der Waals surface area contributed by atoms with E-state index in [0.29, 0.717) is 10.6 Å². The normalized spacial score (nSPS) is 13.8. The smallest absolute Gasteiger partial charge is 0.264 e. The number of nitrogens with zero attached hydrogens (tertiary/aromatic N) is 1. The van der Waals surface area contributed by atoms with Crippen molar-refractivity contribution < 1.29 is 22.8 Å². The van der Waals surface area contributed by atoms with E-state index < -0.39 is 31.9 Å². The van der Waals surface area contributed by atoms with Crippen molar-refractivity contribution in [2.24, 2.45) is 0 Å². The van der Waals surface area contributed by atoms with E-state index >= 15 is 0 Å². The number of hydroxylamine groups is 1. The molecular formula is C17H18ClFN2O5S. The van der Waals surface area contributed by atoms with E-state index in [0.717, 1.165) is 13.2 Å². The van der Waals surface area contributed by atoms with Crippen molar-refractivity contribution in [2.45, 2.75) is 24.6 Å². The lowest BCUT2D eigenvalue weighted by atomic mass is 10.1. The number of carbonyl (C=O) groups excluding carboxylic acids is 1. The van der Waals surface area contributed by atoms with Crippen LogP contribution >= 0.6 is 11.6 Å². The number of amides is 1. The molecule has 0 fully saturated rings. The van der Waals surface area contributed by atoms with Gasteiger partial charge in [0.2, 0.25) is 0 Å². The van der Waals surface area contributed by atoms with Gasteiger partial charge in [0.15, 0.2) is 14.6 Å². The summed E-state index contributed by atoms with van der Waals surface area (Å²) in [5.41, 5.74) is 1.31. The highest BCUT2D eigenvalue weighted by Crippen LogP contribution is 2.25. The topological polar surface area (TPSA) is 105 Å². The standard InChI is InChI=1S/C17H18ClFN2O5S/c1-17(16(23)20-24,27(2,25)26)6-8-21-7-5-11(9-15(21)22)13-10-12(18)3-4-14(13)19/h3-5,7,9-10,24H,6,8H2,1-2H3,(H,20,23). The zero-order chi connectivity index (χ0) is 20.4. The minimum atomic E-state index is -3.87. The van der Waals surface area contributed by atoms with Crippen LogP contribution in [0.2, 0.25) is 5.02 Å². The van der Waals surface area contributed by atoms with Gasteiger partial charge in [-0.15, -0.1) is 0 Å². The maximum Gasteiger partial charge on any atom is 0.264 e. The molecule has 27 heavy (non-hydrogen) atoms. The average Bonchev–Trinajstić information content (AvgIpc) is 2.60. The first-order valence-electron chi connectivity index (χ1n) is 7.79. The van der Waals surface area contributed by atoms with Crippen LogP contribution in [0.4, 0.5) is 4.39 Å². The number of rotatable bonds is 6. The number of pyridine rings is 1. The Morgan fingerprint density at radius 2 is 2.00 bits per heavy atom. The molecule has 1 amide bonds. The molecule has 1 aromatic carbocycles. The summed E-state index contributed by atoms with van der Waals surface area (Å²) in [4.78, 5) is 24.1. The molecule has 1 heterocycles. The van der Waals surface area contributed by atoms with Crippen molar-refractivity contribution in [3.05, 3.63) is 57.7 Å². The van der Waals surface area contributed by atoms with Gasteiger partial charge in [0.25, 0.3) is 11.5 Å². The lowest BCUT2D eigenvalue weighted by Gasteiger charge is -2.25. The Bertz CT molecular complexity index is 1040. The molecule has 10 heteroatoms. The van der Waals surface area contributed by atoms with Crippen LogP contribution in [0.15, 0.2) is 41.3 Å². The van der Waals surface area contributed by atoms with Crippen molar-refractivity contribution in [3.8, 4) is 11.1 Å². The Labute approximate surface area is 160 Å². The third-order valence-electron chi connectivity index (χ3n) is 4.47. The molecule has 1 unspecified atom stereocenters. The van der Waals surface area contributed by atoms with E-state index in [1.54, 1.807) is 0 Å². The number of halogens is 2. The van der Waals surface area contributed by atoms with Crippen molar-refractivity contribution in [1.82, 2.24) is 10.0 Å². The molecular weight excluding hydrogens is 399 g/mol. The highest BCUT2D eigenvalue weighted by atomic mass is 35.5. The maximum atomic E-state index is 13.9. The predicted molar refractivity (Wildman–Crippen MR) is 98.9 cm³/mol. The van der Waals surface area contributed by atoms with Crippen LogP contribution < -0.4 is 11.0 Å². The Morgan fingerprint density at radius 3 is 2.56 bits per heavy atom. The molecule has 0 saturated carbocycles. The molecule has 2 N–H and O–H groups in total. The van der Waals surface area contributed by atoms with Crippen LogP contribution in [-0.2, 0) is 21.2 Å². The van der Waals surface area contributed by atoms with Gasteiger partial charge in [0, 0.05) is 35.6 Å². The monoisotopic (exact) mass is 416 g/mol. The van der Waals surface area contributed by atoms with Crippen LogP contribution in [0.3, 0.4) is 0 Å². The zero-order valence-corrected chi connectivity index (χ0v) is 16.1. The molecule has 7 nitrogen and oxygen atoms in total. The third kappa shape index (κ3) is 4.37. The van der Waals surface area contributed by atoms with Crippen LogP contribution in [0.25, 0.3) is 11.1 Å². The van der Waals surface area contributed by atoms with Crippen molar-refractivity contribution in [1.29, 1.82) is 0 Å². The van der Waals surface area contributed by atoms with E-state index in [1.807, 2.05) is 0 Å². The minimum Gasteiger partial charge on any atom is -0.315 e. The SMILES string of the molecule is CC(CCn1ccc(-c2cc(Cl)ccc2F)cc1=O)(C(=O)NO)S(C)(=O)=O. The van der Waals surface area contributed by atoms with Gasteiger partial charge in [0.05, 0.1) is 0 Å². The number of carbonyl (C=O) groups is 1. The molecule has 0 saturated heterocycles. The first kappa shape index (κ1) is 21.1. The Balaban J connectivity index is 2.33. The fraction of sp³-hybridized carbons (Fsp3) is 0.294. The summed E-state index contributed by atoms with van der Waals surface area (Å²) in [6, 6.07) is 6.65. The second kappa shape index (κ2) is 7.79. The summed E-state index contributed by atoms with van der Waals surface area (Å²) in [5, 5.41) is 9.13. The fourth-order valence-electron chi connectivity index (χ4n) is 2.50. The molecule has 1 atom stereocenters. The van der Waals surface area contributed by atoms with Gasteiger partial charge < -0.3 is 4.57 Å². The molecule has 146 valence electrons. The molecule has 1 aromatic heterocycles. The van der Waals surface area contributed by atoms with E-state index in [2.05, 4.69) is 0 Å². The Hall–Kier alpha value is -2.23. The van der Waals surface area contributed by atoms with E-state index in [4.69, 9.17) is 16.8 Å². The van der Waals surface area contributed by atoms with Crippen molar-refractivity contribution in [3.63, 3.8) is 0 Å². The summed E-state index contributed by atoms with van der Waals surface area (Å²) in [5.74, 6) is -1.63. The van der Waals surface area contributed by atoms with Crippen LogP contribution in [0.5, 0.6) is 0 Å². The maximum absolute atomic E-state index is 13.9. The van der Waals surface area contributed by atoms with Crippen molar-refractivity contribution >= 4 is 27.3 Å². The molecule has 2 rings (SSSR count). The van der Waals surface area contributed by atoms with Gasteiger partial charge in [-0.25, -0.2) is 18.3 Å². The van der Waals surface area contributed by atoms with Crippen LogP contribution in [0, 0.1) is 5.82 Å². The number of aryl methyl sites for hydroxylation is 1. The van der Waals surface area contributed by atoms with Gasteiger partial charge in [-0.1, -0.05) is 11.6 Å². The van der Waals surface area contributed by atoms with E-state index in [9.17, 15) is 22.4 Å². The zero-order valence-electron chi connectivity index (χ0n) is 14.6. The summed E-state index contributed by atoms with van der Waals surface area (Å²) >= 11 is 5.86. The van der Waals surface area contributed by atoms with Gasteiger partial charge in [-0.3, -0.25) is 14.8 Å². The first-order valence-corrected chi connectivity index (χ1v) is 10.1. The van der Waals surface area contributed by atoms with Crippen LogP contribution in [-0.4, -0.2) is 35.1 Å². The Morgan fingerprint density at radius 1 is 1.33 bits per heavy atom. The molecule has 0 aliphatic rings. The van der Waals surface area contributed by atoms with Crippen molar-refractivity contribution in [2.75, 3.05) is 6.26 Å². The average molecular weight is 417 g/mol. The highest BCUT2D eigenvalue weighted by Gasteiger charge is 2.43.